The number of rotatable bonds is 6. The first kappa shape index (κ1) is 14.7. The molecule has 1 heterocycles. The van der Waals surface area contributed by atoms with Crippen LogP contribution in [0.25, 0.3) is 0 Å². The molecule has 1 unspecified atom stereocenters. The molecule has 0 aliphatic heterocycles. The Morgan fingerprint density at radius 3 is 2.70 bits per heavy atom. The van der Waals surface area contributed by atoms with Gasteiger partial charge in [0, 0.05) is 29.5 Å². The summed E-state index contributed by atoms with van der Waals surface area (Å²) >= 11 is 1.73. The van der Waals surface area contributed by atoms with E-state index in [2.05, 4.69) is 29.1 Å². The first-order valence-corrected chi connectivity index (χ1v) is 7.82. The van der Waals surface area contributed by atoms with E-state index in [0.29, 0.717) is 11.7 Å². The number of hydrogen-bond donors (Lipinski definition) is 2. The van der Waals surface area contributed by atoms with Gasteiger partial charge < -0.3 is 15.8 Å². The lowest BCUT2D eigenvalue weighted by Gasteiger charge is -2.17. The van der Waals surface area contributed by atoms with Crippen molar-refractivity contribution in [2.75, 3.05) is 11.1 Å². The maximum absolute atomic E-state index is 5.93. The van der Waals surface area contributed by atoms with Crippen molar-refractivity contribution in [1.82, 2.24) is 0 Å². The van der Waals surface area contributed by atoms with Gasteiger partial charge in [-0.15, -0.1) is 0 Å². The van der Waals surface area contributed by atoms with Gasteiger partial charge in [0.2, 0.25) is 0 Å². The minimum absolute atomic E-state index is 0.146. The van der Waals surface area contributed by atoms with Gasteiger partial charge in [-0.2, -0.15) is 11.3 Å². The number of anilines is 2. The maximum atomic E-state index is 5.93. The highest BCUT2D eigenvalue weighted by molar-refractivity contribution is 7.07. The van der Waals surface area contributed by atoms with E-state index < -0.39 is 0 Å². The fourth-order valence-electron chi connectivity index (χ4n) is 2.14. The summed E-state index contributed by atoms with van der Waals surface area (Å²) in [6.45, 7) is 6.19. The minimum atomic E-state index is 0.146. The van der Waals surface area contributed by atoms with Gasteiger partial charge in [-0.25, -0.2) is 0 Å². The molecule has 1 atom stereocenters. The standard InChI is InChI=1S/C16H22N2OS/c1-11(2)19-16-8-14(17)7-15(9-16)18-12(3)6-13-4-5-20-10-13/h4-5,7-12,18H,6,17H2,1-3H3. The molecule has 1 aromatic carbocycles. The first-order valence-electron chi connectivity index (χ1n) is 6.88. The van der Waals surface area contributed by atoms with Crippen LogP contribution in [0.1, 0.15) is 26.3 Å². The molecule has 0 radical (unpaired) electrons. The zero-order valence-electron chi connectivity index (χ0n) is 12.2. The number of thiophene rings is 1. The second-order valence-corrected chi connectivity index (χ2v) is 6.12. The van der Waals surface area contributed by atoms with Crippen LogP contribution in [0.2, 0.25) is 0 Å². The Labute approximate surface area is 124 Å². The molecule has 0 fully saturated rings. The number of nitrogens with two attached hydrogens (primary N) is 1. The van der Waals surface area contributed by atoms with Gasteiger partial charge in [-0.3, -0.25) is 0 Å². The number of benzene rings is 1. The second-order valence-electron chi connectivity index (χ2n) is 5.34. The Bertz CT molecular complexity index is 537. The molecule has 0 bridgehead atoms. The summed E-state index contributed by atoms with van der Waals surface area (Å²) in [7, 11) is 0. The number of nitrogen functional groups attached to an aromatic ring is 1. The van der Waals surface area contributed by atoms with E-state index in [1.54, 1.807) is 11.3 Å². The van der Waals surface area contributed by atoms with Gasteiger partial charge in [-0.05, 0) is 55.6 Å². The Morgan fingerprint density at radius 2 is 2.05 bits per heavy atom. The molecule has 0 amide bonds. The molecule has 20 heavy (non-hydrogen) atoms. The lowest BCUT2D eigenvalue weighted by molar-refractivity contribution is 0.242. The molecular weight excluding hydrogens is 268 g/mol. The molecule has 0 aliphatic rings. The normalized spacial score (nSPS) is 12.4. The van der Waals surface area contributed by atoms with Crippen LogP contribution in [0.4, 0.5) is 11.4 Å². The quantitative estimate of drug-likeness (QED) is 0.785. The van der Waals surface area contributed by atoms with Gasteiger partial charge in [0.1, 0.15) is 5.75 Å². The summed E-state index contributed by atoms with van der Waals surface area (Å²) in [5.41, 5.74) is 9.01. The molecule has 0 aliphatic carbocycles. The fourth-order valence-corrected chi connectivity index (χ4v) is 2.83. The highest BCUT2D eigenvalue weighted by Crippen LogP contribution is 2.24. The molecule has 0 saturated carbocycles. The lowest BCUT2D eigenvalue weighted by atomic mass is 10.1. The zero-order valence-corrected chi connectivity index (χ0v) is 13.0. The summed E-state index contributed by atoms with van der Waals surface area (Å²) < 4.78 is 5.70. The fraction of sp³-hybridized carbons (Fsp3) is 0.375. The van der Waals surface area contributed by atoms with Crippen molar-refractivity contribution >= 4 is 22.7 Å². The smallest absolute Gasteiger partial charge is 0.123 e. The number of ether oxygens (including phenoxy) is 1. The predicted octanol–water partition coefficient (Wildman–Crippen LogP) is 4.16. The highest BCUT2D eigenvalue weighted by Gasteiger charge is 2.07. The van der Waals surface area contributed by atoms with E-state index in [9.17, 15) is 0 Å². The van der Waals surface area contributed by atoms with Gasteiger partial charge in [0.15, 0.2) is 0 Å². The molecule has 2 aromatic rings. The van der Waals surface area contributed by atoms with E-state index in [1.807, 2.05) is 32.0 Å². The van der Waals surface area contributed by atoms with Gasteiger partial charge in [0.25, 0.3) is 0 Å². The van der Waals surface area contributed by atoms with Crippen LogP contribution in [0.15, 0.2) is 35.0 Å². The number of nitrogens with one attached hydrogen (secondary N) is 1. The van der Waals surface area contributed by atoms with E-state index in [0.717, 1.165) is 17.9 Å². The SMILES string of the molecule is CC(Cc1ccsc1)Nc1cc(N)cc(OC(C)C)c1. The molecule has 4 heteroatoms. The van der Waals surface area contributed by atoms with E-state index in [1.165, 1.54) is 5.56 Å². The maximum Gasteiger partial charge on any atom is 0.123 e. The van der Waals surface area contributed by atoms with Crippen molar-refractivity contribution in [3.63, 3.8) is 0 Å². The van der Waals surface area contributed by atoms with Crippen LogP contribution in [0.3, 0.4) is 0 Å². The zero-order chi connectivity index (χ0) is 14.5. The average Bonchev–Trinajstić information content (AvgIpc) is 2.79. The Morgan fingerprint density at radius 1 is 1.25 bits per heavy atom. The molecule has 0 spiro atoms. The van der Waals surface area contributed by atoms with Crippen LogP contribution in [-0.4, -0.2) is 12.1 Å². The largest absolute Gasteiger partial charge is 0.491 e. The minimum Gasteiger partial charge on any atom is -0.491 e. The monoisotopic (exact) mass is 290 g/mol. The summed E-state index contributed by atoms with van der Waals surface area (Å²) in [6, 6.07) is 8.31. The highest BCUT2D eigenvalue weighted by atomic mass is 32.1. The van der Waals surface area contributed by atoms with Crippen molar-refractivity contribution in [1.29, 1.82) is 0 Å². The molecule has 2 rings (SSSR count). The topological polar surface area (TPSA) is 47.3 Å². The third-order valence-electron chi connectivity index (χ3n) is 2.84. The lowest BCUT2D eigenvalue weighted by Crippen LogP contribution is -2.18. The van der Waals surface area contributed by atoms with Gasteiger partial charge >= 0.3 is 0 Å². The third kappa shape index (κ3) is 4.46. The van der Waals surface area contributed by atoms with E-state index in [-0.39, 0.29) is 6.10 Å². The molecule has 3 N–H and O–H groups in total. The summed E-state index contributed by atoms with van der Waals surface area (Å²) in [5.74, 6) is 0.810. The van der Waals surface area contributed by atoms with E-state index in [4.69, 9.17) is 10.5 Å². The van der Waals surface area contributed by atoms with Crippen molar-refractivity contribution < 1.29 is 4.74 Å². The Hall–Kier alpha value is -1.68. The summed E-state index contributed by atoms with van der Waals surface area (Å²) in [6.07, 6.45) is 1.14. The van der Waals surface area contributed by atoms with Crippen molar-refractivity contribution in [2.24, 2.45) is 0 Å². The first-order chi connectivity index (χ1) is 9.52. The van der Waals surface area contributed by atoms with Crippen LogP contribution < -0.4 is 15.8 Å². The summed E-state index contributed by atoms with van der Waals surface area (Å²) in [5, 5.41) is 7.77. The molecule has 108 valence electrons. The number of hydrogen-bond acceptors (Lipinski definition) is 4. The second kappa shape index (κ2) is 6.66. The van der Waals surface area contributed by atoms with Crippen LogP contribution >= 0.6 is 11.3 Å². The van der Waals surface area contributed by atoms with Gasteiger partial charge in [-0.1, -0.05) is 0 Å². The van der Waals surface area contributed by atoms with E-state index >= 15 is 0 Å². The summed E-state index contributed by atoms with van der Waals surface area (Å²) in [4.78, 5) is 0. The average molecular weight is 290 g/mol. The van der Waals surface area contributed by atoms with Crippen LogP contribution in [0.5, 0.6) is 5.75 Å². The predicted molar refractivity (Wildman–Crippen MR) is 87.7 cm³/mol. The molecule has 0 saturated heterocycles. The van der Waals surface area contributed by atoms with Crippen molar-refractivity contribution in [2.45, 2.75) is 39.3 Å². The molecule has 3 nitrogen and oxygen atoms in total. The Kier molecular flexibility index (Phi) is 4.90. The molecular formula is C16H22N2OS. The van der Waals surface area contributed by atoms with Crippen LogP contribution in [0, 0.1) is 0 Å². The Balaban J connectivity index is 2.02. The molecule has 1 aromatic heterocycles. The van der Waals surface area contributed by atoms with Gasteiger partial charge in [0.05, 0.1) is 6.10 Å². The third-order valence-corrected chi connectivity index (χ3v) is 3.57. The van der Waals surface area contributed by atoms with Crippen molar-refractivity contribution in [3.8, 4) is 5.75 Å². The van der Waals surface area contributed by atoms with Crippen molar-refractivity contribution in [3.05, 3.63) is 40.6 Å². The van der Waals surface area contributed by atoms with Crippen LogP contribution in [-0.2, 0) is 6.42 Å².